The minimum absolute atomic E-state index is 0.0577. The van der Waals surface area contributed by atoms with Gasteiger partial charge in [0.05, 0.1) is 18.7 Å². The zero-order valence-corrected chi connectivity index (χ0v) is 10.3. The molecule has 3 aliphatic rings. The van der Waals surface area contributed by atoms with Crippen molar-refractivity contribution in [1.29, 1.82) is 0 Å². The Labute approximate surface area is 100 Å². The number of nitrogens with zero attached hydrogens (tertiary/aromatic N) is 1. The number of carbonyl (C=O) groups excluding carboxylic acids is 1. The van der Waals surface area contributed by atoms with Crippen LogP contribution in [0.4, 0.5) is 0 Å². The van der Waals surface area contributed by atoms with Crippen LogP contribution in [0, 0.1) is 0 Å². The largest absolute Gasteiger partial charge is 0.350 e. The predicted molar refractivity (Wildman–Crippen MR) is 59.0 cm³/mol. The van der Waals surface area contributed by atoms with Crippen molar-refractivity contribution >= 4 is 5.91 Å². The molecule has 17 heavy (non-hydrogen) atoms. The Morgan fingerprint density at radius 3 is 2.76 bits per heavy atom. The summed E-state index contributed by atoms with van der Waals surface area (Å²) in [4.78, 5) is 13.6. The van der Waals surface area contributed by atoms with Crippen molar-refractivity contribution in [3.63, 3.8) is 0 Å². The Kier molecular flexibility index (Phi) is 2.50. The molecule has 0 aromatic heterocycles. The maximum atomic E-state index is 11.9. The first-order chi connectivity index (χ1) is 8.08. The van der Waals surface area contributed by atoms with Crippen LogP contribution in [0.1, 0.15) is 20.8 Å². The van der Waals surface area contributed by atoms with E-state index in [0.29, 0.717) is 13.2 Å². The molecule has 5 nitrogen and oxygen atoms in total. The van der Waals surface area contributed by atoms with E-state index in [1.807, 2.05) is 20.8 Å². The predicted octanol–water partition coefficient (Wildman–Crippen LogP) is 0.651. The van der Waals surface area contributed by atoms with E-state index >= 15 is 0 Å². The van der Waals surface area contributed by atoms with Crippen LogP contribution >= 0.6 is 0 Å². The molecule has 3 aliphatic heterocycles. The summed E-state index contributed by atoms with van der Waals surface area (Å²) < 4.78 is 16.9. The van der Waals surface area contributed by atoms with Crippen molar-refractivity contribution in [3.05, 3.63) is 11.1 Å². The number of fused-ring (bicyclic) bond motifs is 2. The minimum atomic E-state index is -0.212. The average molecular weight is 239 g/mol. The minimum Gasteiger partial charge on any atom is -0.350 e. The maximum absolute atomic E-state index is 11.9. The summed E-state index contributed by atoms with van der Waals surface area (Å²) in [5.41, 5.74) is 1.82. The quantitative estimate of drug-likeness (QED) is 0.460. The first-order valence-corrected chi connectivity index (χ1v) is 5.99. The molecular weight excluding hydrogens is 222 g/mol. The van der Waals surface area contributed by atoms with Gasteiger partial charge in [-0.05, 0) is 20.8 Å². The summed E-state index contributed by atoms with van der Waals surface area (Å²) >= 11 is 0. The Hall–Kier alpha value is -0.910. The van der Waals surface area contributed by atoms with Gasteiger partial charge in [0.2, 0.25) is 0 Å². The van der Waals surface area contributed by atoms with Gasteiger partial charge in [-0.25, -0.2) is 0 Å². The van der Waals surface area contributed by atoms with Gasteiger partial charge in [-0.15, -0.1) is 0 Å². The highest BCUT2D eigenvalue weighted by molar-refractivity contribution is 6.02. The average Bonchev–Trinajstić information content (AvgIpc) is 2.27. The Bertz CT molecular complexity index is 388. The molecule has 0 aromatic carbocycles. The van der Waals surface area contributed by atoms with E-state index in [4.69, 9.17) is 14.2 Å². The van der Waals surface area contributed by atoms with Crippen LogP contribution in [0.3, 0.4) is 0 Å². The third-order valence-corrected chi connectivity index (χ3v) is 3.52. The number of β-lactam (4-membered cyclic amide) rings is 1. The van der Waals surface area contributed by atoms with Gasteiger partial charge in [0, 0.05) is 0 Å². The van der Waals surface area contributed by atoms with Crippen molar-refractivity contribution in [2.75, 3.05) is 13.2 Å². The SMILES string of the molecule is CC(C)=C1C(=O)N2C[C@H]3O[C@@H](C)OC[C@H]3O[C@@H]12. The molecule has 3 rings (SSSR count). The van der Waals surface area contributed by atoms with Gasteiger partial charge in [-0.2, -0.15) is 0 Å². The lowest BCUT2D eigenvalue weighted by molar-refractivity contribution is -0.299. The van der Waals surface area contributed by atoms with Crippen molar-refractivity contribution in [1.82, 2.24) is 4.90 Å². The summed E-state index contributed by atoms with van der Waals surface area (Å²) in [6, 6.07) is 0. The number of hydrogen-bond acceptors (Lipinski definition) is 4. The molecule has 0 aliphatic carbocycles. The molecule has 3 saturated heterocycles. The van der Waals surface area contributed by atoms with E-state index in [0.717, 1.165) is 11.1 Å². The molecule has 0 aromatic rings. The molecule has 94 valence electrons. The second kappa shape index (κ2) is 3.80. The van der Waals surface area contributed by atoms with Gasteiger partial charge >= 0.3 is 0 Å². The summed E-state index contributed by atoms with van der Waals surface area (Å²) in [7, 11) is 0. The second-order valence-corrected chi connectivity index (χ2v) is 4.97. The van der Waals surface area contributed by atoms with Crippen molar-refractivity contribution in [2.24, 2.45) is 0 Å². The second-order valence-electron chi connectivity index (χ2n) is 4.97. The molecule has 4 atom stereocenters. The van der Waals surface area contributed by atoms with Crippen molar-refractivity contribution in [2.45, 2.75) is 45.5 Å². The highest BCUT2D eigenvalue weighted by atomic mass is 16.7. The Morgan fingerprint density at radius 1 is 1.29 bits per heavy atom. The van der Waals surface area contributed by atoms with E-state index in [9.17, 15) is 4.79 Å². The highest BCUT2D eigenvalue weighted by Crippen LogP contribution is 2.36. The van der Waals surface area contributed by atoms with Gasteiger partial charge in [-0.1, -0.05) is 5.57 Å². The lowest BCUT2D eigenvalue weighted by Gasteiger charge is -2.52. The first-order valence-electron chi connectivity index (χ1n) is 5.99. The third-order valence-electron chi connectivity index (χ3n) is 3.52. The summed E-state index contributed by atoms with van der Waals surface area (Å²) in [5.74, 6) is 0.0798. The molecule has 0 saturated carbocycles. The van der Waals surface area contributed by atoms with E-state index in [-0.39, 0.29) is 30.6 Å². The van der Waals surface area contributed by atoms with Crippen LogP contribution < -0.4 is 0 Å². The third kappa shape index (κ3) is 1.61. The van der Waals surface area contributed by atoms with Gasteiger partial charge < -0.3 is 19.1 Å². The summed E-state index contributed by atoms with van der Waals surface area (Å²) in [5, 5.41) is 0. The van der Waals surface area contributed by atoms with Gasteiger partial charge in [0.1, 0.15) is 12.2 Å². The van der Waals surface area contributed by atoms with Crippen LogP contribution in [-0.4, -0.2) is 48.7 Å². The topological polar surface area (TPSA) is 48.0 Å². The molecule has 0 spiro atoms. The van der Waals surface area contributed by atoms with Gasteiger partial charge in [-0.3, -0.25) is 4.79 Å². The lowest BCUT2D eigenvalue weighted by atomic mass is 9.94. The number of amides is 1. The van der Waals surface area contributed by atoms with Crippen LogP contribution in [0.2, 0.25) is 0 Å². The van der Waals surface area contributed by atoms with Gasteiger partial charge in [0.15, 0.2) is 12.5 Å². The number of ether oxygens (including phenoxy) is 3. The lowest BCUT2D eigenvalue weighted by Crippen LogP contribution is -2.68. The fourth-order valence-electron chi connectivity index (χ4n) is 2.60. The zero-order valence-electron chi connectivity index (χ0n) is 10.3. The molecule has 0 bridgehead atoms. The summed E-state index contributed by atoms with van der Waals surface area (Å²) in [6.07, 6.45) is -0.516. The Morgan fingerprint density at radius 2 is 2.06 bits per heavy atom. The monoisotopic (exact) mass is 239 g/mol. The molecule has 3 heterocycles. The van der Waals surface area contributed by atoms with Crippen LogP contribution in [0.15, 0.2) is 11.1 Å². The van der Waals surface area contributed by atoms with Crippen molar-refractivity contribution in [3.8, 4) is 0 Å². The van der Waals surface area contributed by atoms with E-state index < -0.39 is 0 Å². The number of hydrogen-bond donors (Lipinski definition) is 0. The summed E-state index contributed by atoms with van der Waals surface area (Å²) in [6.45, 7) is 6.90. The normalized spacial score (nSPS) is 40.5. The first kappa shape index (κ1) is 11.2. The van der Waals surface area contributed by atoms with E-state index in [2.05, 4.69) is 0 Å². The zero-order chi connectivity index (χ0) is 12.2. The standard InChI is InChI=1S/C12H17NO4/c1-6(2)10-11(14)13-4-8-9(17-12(10)13)5-15-7(3)16-8/h7-9,12H,4-5H2,1-3H3/t7-,8+,9+,12-/m0/s1. The molecule has 0 N–H and O–H groups in total. The molecular formula is C12H17NO4. The Balaban J connectivity index is 1.78. The van der Waals surface area contributed by atoms with Crippen LogP contribution in [-0.2, 0) is 19.0 Å². The molecule has 0 radical (unpaired) electrons. The van der Waals surface area contributed by atoms with Crippen molar-refractivity contribution < 1.29 is 19.0 Å². The molecule has 0 unspecified atom stereocenters. The van der Waals surface area contributed by atoms with Crippen LogP contribution in [0.5, 0.6) is 0 Å². The number of allylic oxidation sites excluding steroid dienone is 1. The van der Waals surface area contributed by atoms with E-state index in [1.165, 1.54) is 0 Å². The fraction of sp³-hybridized carbons (Fsp3) is 0.750. The number of rotatable bonds is 0. The molecule has 1 amide bonds. The van der Waals surface area contributed by atoms with Crippen LogP contribution in [0.25, 0.3) is 0 Å². The molecule has 3 fully saturated rings. The van der Waals surface area contributed by atoms with Gasteiger partial charge in [0.25, 0.3) is 5.91 Å². The maximum Gasteiger partial charge on any atom is 0.256 e. The molecule has 5 heteroatoms. The number of carbonyl (C=O) groups is 1. The smallest absolute Gasteiger partial charge is 0.256 e. The highest BCUT2D eigenvalue weighted by Gasteiger charge is 2.52. The fourth-order valence-corrected chi connectivity index (χ4v) is 2.60. The van der Waals surface area contributed by atoms with E-state index in [1.54, 1.807) is 4.90 Å².